The van der Waals surface area contributed by atoms with Crippen molar-refractivity contribution in [3.63, 3.8) is 0 Å². The summed E-state index contributed by atoms with van der Waals surface area (Å²) < 4.78 is 2.15. The van der Waals surface area contributed by atoms with E-state index in [0.29, 0.717) is 19.6 Å². The van der Waals surface area contributed by atoms with Crippen molar-refractivity contribution < 1.29 is 9.59 Å². The Balaban J connectivity index is 1.09. The van der Waals surface area contributed by atoms with Gasteiger partial charge in [-0.15, -0.1) is 0 Å². The van der Waals surface area contributed by atoms with E-state index in [1.807, 2.05) is 34.3 Å². The number of nitrogens with one attached hydrogen (secondary N) is 1. The predicted octanol–water partition coefficient (Wildman–Crippen LogP) is 3.63. The Morgan fingerprint density at radius 2 is 1.55 bits per heavy atom. The summed E-state index contributed by atoms with van der Waals surface area (Å²) in [6.45, 7) is 4.38. The summed E-state index contributed by atoms with van der Waals surface area (Å²) in [6.07, 6.45) is 5.56. The van der Waals surface area contributed by atoms with E-state index in [0.717, 1.165) is 61.9 Å². The molecule has 2 aromatic carbocycles. The molecule has 0 radical (unpaired) electrons. The smallest absolute Gasteiger partial charge is 0.319 e. The number of imidazole rings is 1. The van der Waals surface area contributed by atoms with Crippen molar-refractivity contribution in [2.24, 2.45) is 5.92 Å². The minimum absolute atomic E-state index is 0.0126. The molecule has 3 amide bonds. The second kappa shape index (κ2) is 9.65. The zero-order valence-corrected chi connectivity index (χ0v) is 18.9. The number of carbonyl (C=O) groups is 2. The molecule has 2 aliphatic heterocycles. The molecular formula is C26H31N5O2. The Kier molecular flexibility index (Phi) is 6.28. The van der Waals surface area contributed by atoms with Crippen LogP contribution in [0.25, 0.3) is 11.0 Å². The topological polar surface area (TPSA) is 70.5 Å². The molecule has 2 saturated heterocycles. The molecule has 3 aromatic rings. The lowest BCUT2D eigenvalue weighted by molar-refractivity contribution is -0.126. The van der Waals surface area contributed by atoms with Crippen LogP contribution in [0.1, 0.15) is 36.8 Å². The number of carbonyl (C=O) groups excluding carboxylic acids is 2. The maximum absolute atomic E-state index is 12.7. The van der Waals surface area contributed by atoms with E-state index in [-0.39, 0.29) is 17.9 Å². The number of aromatic nitrogens is 2. The third-order valence-corrected chi connectivity index (χ3v) is 6.88. The van der Waals surface area contributed by atoms with Gasteiger partial charge in [-0.05, 0) is 48.9 Å². The van der Waals surface area contributed by atoms with Gasteiger partial charge < -0.3 is 19.7 Å². The number of piperidine rings is 1. The molecule has 7 heteroatoms. The summed E-state index contributed by atoms with van der Waals surface area (Å²) in [4.78, 5) is 33.5. The number of benzene rings is 2. The van der Waals surface area contributed by atoms with Gasteiger partial charge in [0.25, 0.3) is 0 Å². The minimum atomic E-state index is -0.0126. The van der Waals surface area contributed by atoms with Crippen molar-refractivity contribution in [1.29, 1.82) is 0 Å². The number of fused-ring (bicyclic) bond motifs is 1. The van der Waals surface area contributed by atoms with E-state index in [2.05, 4.69) is 45.2 Å². The van der Waals surface area contributed by atoms with Gasteiger partial charge in [0.05, 0.1) is 17.4 Å². The predicted molar refractivity (Wildman–Crippen MR) is 128 cm³/mol. The number of likely N-dealkylation sites (tertiary alicyclic amines) is 2. The number of amides is 3. The molecule has 3 heterocycles. The fourth-order valence-corrected chi connectivity index (χ4v) is 4.87. The first kappa shape index (κ1) is 21.5. The molecule has 7 nitrogen and oxygen atoms in total. The summed E-state index contributed by atoms with van der Waals surface area (Å²) in [6, 6.07) is 16.7. The highest BCUT2D eigenvalue weighted by atomic mass is 16.2. The first-order chi connectivity index (χ1) is 16.2. The van der Waals surface area contributed by atoms with E-state index in [9.17, 15) is 9.59 Å². The van der Waals surface area contributed by atoms with Crippen molar-refractivity contribution in [3.8, 4) is 0 Å². The van der Waals surface area contributed by atoms with Gasteiger partial charge >= 0.3 is 6.03 Å². The van der Waals surface area contributed by atoms with Gasteiger partial charge in [0.1, 0.15) is 0 Å². The van der Waals surface area contributed by atoms with Crippen LogP contribution in [0.2, 0.25) is 0 Å². The molecule has 0 spiro atoms. The van der Waals surface area contributed by atoms with Crippen LogP contribution in [-0.4, -0.2) is 57.5 Å². The first-order valence-corrected chi connectivity index (χ1v) is 12.0. The summed E-state index contributed by atoms with van der Waals surface area (Å²) in [5.41, 5.74) is 4.41. The number of urea groups is 1. The Morgan fingerprint density at radius 1 is 0.879 bits per heavy atom. The number of hydrogen-bond donors (Lipinski definition) is 1. The Labute approximate surface area is 194 Å². The van der Waals surface area contributed by atoms with E-state index in [4.69, 9.17) is 0 Å². The number of rotatable bonds is 5. The van der Waals surface area contributed by atoms with Gasteiger partial charge in [0.15, 0.2) is 0 Å². The largest absolute Gasteiger partial charge is 0.352 e. The fourth-order valence-electron chi connectivity index (χ4n) is 4.87. The van der Waals surface area contributed by atoms with Crippen LogP contribution >= 0.6 is 0 Å². The summed E-state index contributed by atoms with van der Waals surface area (Å²) in [7, 11) is 0. The molecule has 0 unspecified atom stereocenters. The number of nitrogens with zero attached hydrogens (tertiary/aromatic N) is 4. The van der Waals surface area contributed by atoms with Gasteiger partial charge in [0.2, 0.25) is 5.91 Å². The summed E-state index contributed by atoms with van der Waals surface area (Å²) >= 11 is 0. The lowest BCUT2D eigenvalue weighted by atomic mass is 9.96. The average Bonchev–Trinajstić information content (AvgIpc) is 3.54. The van der Waals surface area contributed by atoms with E-state index >= 15 is 0 Å². The zero-order valence-electron chi connectivity index (χ0n) is 18.9. The standard InChI is InChI=1S/C26H31N5O2/c32-25(22-11-15-30(16-12-22)26(33)29-13-3-4-14-29)27-17-20-7-9-21(10-8-20)18-31-19-28-23-5-1-2-6-24(23)31/h1-2,5-10,19,22H,3-4,11-18H2,(H,27,32). The summed E-state index contributed by atoms with van der Waals surface area (Å²) in [5.74, 6) is 0.0821. The maximum atomic E-state index is 12.7. The third kappa shape index (κ3) is 4.87. The van der Waals surface area contributed by atoms with E-state index in [1.54, 1.807) is 0 Å². The summed E-state index contributed by atoms with van der Waals surface area (Å²) in [5, 5.41) is 3.09. The first-order valence-electron chi connectivity index (χ1n) is 12.0. The van der Waals surface area contributed by atoms with Crippen molar-refractivity contribution >= 4 is 23.0 Å². The average molecular weight is 446 g/mol. The van der Waals surface area contributed by atoms with E-state index < -0.39 is 0 Å². The van der Waals surface area contributed by atoms with Crippen LogP contribution < -0.4 is 5.32 Å². The van der Waals surface area contributed by atoms with Crippen LogP contribution in [0, 0.1) is 5.92 Å². The molecule has 33 heavy (non-hydrogen) atoms. The second-order valence-electron chi connectivity index (χ2n) is 9.13. The highest BCUT2D eigenvalue weighted by Crippen LogP contribution is 2.20. The van der Waals surface area contributed by atoms with Gasteiger partial charge in [-0.25, -0.2) is 9.78 Å². The monoisotopic (exact) mass is 445 g/mol. The van der Waals surface area contributed by atoms with Gasteiger partial charge in [0, 0.05) is 45.2 Å². The van der Waals surface area contributed by atoms with Crippen molar-refractivity contribution in [1.82, 2.24) is 24.7 Å². The number of para-hydroxylation sites is 2. The molecule has 1 N–H and O–H groups in total. The van der Waals surface area contributed by atoms with Crippen molar-refractivity contribution in [2.75, 3.05) is 26.2 Å². The van der Waals surface area contributed by atoms with Crippen LogP contribution in [0.4, 0.5) is 4.79 Å². The quantitative estimate of drug-likeness (QED) is 0.652. The molecule has 0 aliphatic carbocycles. The third-order valence-electron chi connectivity index (χ3n) is 6.88. The maximum Gasteiger partial charge on any atom is 0.319 e. The Hall–Kier alpha value is -3.35. The zero-order chi connectivity index (χ0) is 22.6. The van der Waals surface area contributed by atoms with Crippen LogP contribution in [0.5, 0.6) is 0 Å². The molecule has 0 atom stereocenters. The van der Waals surface area contributed by atoms with Gasteiger partial charge in [-0.3, -0.25) is 4.79 Å². The normalized spacial score (nSPS) is 17.0. The fraction of sp³-hybridized carbons (Fsp3) is 0.423. The van der Waals surface area contributed by atoms with Crippen LogP contribution in [0.3, 0.4) is 0 Å². The molecule has 172 valence electrons. The lowest BCUT2D eigenvalue weighted by Gasteiger charge is -2.34. The van der Waals surface area contributed by atoms with Gasteiger partial charge in [-0.1, -0.05) is 36.4 Å². The molecule has 0 bridgehead atoms. The van der Waals surface area contributed by atoms with Crippen molar-refractivity contribution in [3.05, 3.63) is 66.0 Å². The second-order valence-corrected chi connectivity index (χ2v) is 9.13. The van der Waals surface area contributed by atoms with E-state index in [1.165, 1.54) is 5.56 Å². The van der Waals surface area contributed by atoms with Gasteiger partial charge in [-0.2, -0.15) is 0 Å². The highest BCUT2D eigenvalue weighted by Gasteiger charge is 2.30. The molecular weight excluding hydrogens is 414 g/mol. The van der Waals surface area contributed by atoms with Crippen LogP contribution in [-0.2, 0) is 17.9 Å². The molecule has 2 aliphatic rings. The Bertz CT molecular complexity index is 1110. The molecule has 0 saturated carbocycles. The molecule has 2 fully saturated rings. The SMILES string of the molecule is O=C(NCc1ccc(Cn2cnc3ccccc32)cc1)C1CCN(C(=O)N2CCCC2)CC1. The molecule has 1 aromatic heterocycles. The Morgan fingerprint density at radius 3 is 2.30 bits per heavy atom. The van der Waals surface area contributed by atoms with Crippen LogP contribution in [0.15, 0.2) is 54.9 Å². The number of hydrogen-bond acceptors (Lipinski definition) is 3. The minimum Gasteiger partial charge on any atom is -0.352 e. The lowest BCUT2D eigenvalue weighted by Crippen LogP contribution is -2.47. The highest BCUT2D eigenvalue weighted by molar-refractivity contribution is 5.80. The van der Waals surface area contributed by atoms with Crippen molar-refractivity contribution in [2.45, 2.75) is 38.8 Å². The molecule has 5 rings (SSSR count).